The number of thiophene rings is 1. The monoisotopic (exact) mass is 311 g/mol. The molecular weight excluding hydrogens is 294 g/mol. The lowest BCUT2D eigenvalue weighted by Crippen LogP contribution is -2.31. The molecule has 1 N–H and O–H groups in total. The van der Waals surface area contributed by atoms with Crippen molar-refractivity contribution in [3.05, 3.63) is 16.2 Å². The number of halogens is 1. The standard InChI is InChI=1S/C14H18ClN3OS/c1-8-7-11-12(17-14(15)18-13(11)20-8)16-9(2)10-3-5-19-6-4-10/h7,9-10H,3-6H2,1-2H3,(H,16,17,18). The van der Waals surface area contributed by atoms with Crippen molar-refractivity contribution in [2.24, 2.45) is 5.92 Å². The first-order chi connectivity index (χ1) is 9.63. The molecule has 1 aliphatic rings. The minimum atomic E-state index is 0.307. The summed E-state index contributed by atoms with van der Waals surface area (Å²) in [6.45, 7) is 5.99. The summed E-state index contributed by atoms with van der Waals surface area (Å²) in [5.74, 6) is 1.47. The fourth-order valence-electron chi connectivity index (χ4n) is 2.68. The van der Waals surface area contributed by atoms with Gasteiger partial charge >= 0.3 is 0 Å². The topological polar surface area (TPSA) is 47.0 Å². The van der Waals surface area contributed by atoms with E-state index in [0.29, 0.717) is 17.2 Å². The highest BCUT2D eigenvalue weighted by atomic mass is 35.5. The Morgan fingerprint density at radius 3 is 2.90 bits per heavy atom. The van der Waals surface area contributed by atoms with Crippen LogP contribution in [-0.4, -0.2) is 29.2 Å². The molecule has 1 aliphatic heterocycles. The normalized spacial score (nSPS) is 18.4. The van der Waals surface area contributed by atoms with Crippen molar-refractivity contribution in [1.82, 2.24) is 9.97 Å². The molecule has 1 fully saturated rings. The quantitative estimate of drug-likeness (QED) is 0.874. The van der Waals surface area contributed by atoms with Crippen LogP contribution in [0.4, 0.5) is 5.82 Å². The Morgan fingerprint density at radius 1 is 1.40 bits per heavy atom. The van der Waals surface area contributed by atoms with Gasteiger partial charge < -0.3 is 10.1 Å². The van der Waals surface area contributed by atoms with E-state index in [0.717, 1.165) is 42.1 Å². The van der Waals surface area contributed by atoms with E-state index < -0.39 is 0 Å². The molecule has 2 aromatic heterocycles. The summed E-state index contributed by atoms with van der Waals surface area (Å²) in [6, 6.07) is 2.48. The number of aryl methyl sites for hydroxylation is 1. The molecule has 3 heterocycles. The molecule has 0 spiro atoms. The first-order valence-corrected chi connectivity index (χ1v) is 8.11. The first kappa shape index (κ1) is 14.0. The van der Waals surface area contributed by atoms with E-state index in [4.69, 9.17) is 16.3 Å². The molecule has 1 unspecified atom stereocenters. The maximum atomic E-state index is 6.03. The largest absolute Gasteiger partial charge is 0.381 e. The molecular formula is C14H18ClN3OS. The molecule has 0 aliphatic carbocycles. The maximum Gasteiger partial charge on any atom is 0.225 e. The highest BCUT2D eigenvalue weighted by molar-refractivity contribution is 7.18. The summed E-state index contributed by atoms with van der Waals surface area (Å²) in [7, 11) is 0. The van der Waals surface area contributed by atoms with E-state index in [2.05, 4.69) is 35.2 Å². The highest BCUT2D eigenvalue weighted by Crippen LogP contribution is 2.31. The molecule has 0 saturated carbocycles. The van der Waals surface area contributed by atoms with Crippen LogP contribution in [0.15, 0.2) is 6.07 Å². The molecule has 2 aromatic rings. The second kappa shape index (κ2) is 5.84. The van der Waals surface area contributed by atoms with Gasteiger partial charge in [-0.2, -0.15) is 0 Å². The number of anilines is 1. The molecule has 3 rings (SSSR count). The smallest absolute Gasteiger partial charge is 0.225 e. The Kier molecular flexibility index (Phi) is 4.10. The average Bonchev–Trinajstić information content (AvgIpc) is 2.80. The second-order valence-corrected chi connectivity index (χ2v) is 6.87. The number of rotatable bonds is 3. The molecule has 4 nitrogen and oxygen atoms in total. The molecule has 6 heteroatoms. The molecule has 1 saturated heterocycles. The van der Waals surface area contributed by atoms with Crippen molar-refractivity contribution in [2.75, 3.05) is 18.5 Å². The Labute approximate surface area is 127 Å². The van der Waals surface area contributed by atoms with Crippen LogP contribution in [0.1, 0.15) is 24.6 Å². The van der Waals surface area contributed by atoms with Crippen molar-refractivity contribution in [3.8, 4) is 0 Å². The molecule has 108 valence electrons. The van der Waals surface area contributed by atoms with Gasteiger partial charge in [-0.3, -0.25) is 0 Å². The average molecular weight is 312 g/mol. The number of aromatic nitrogens is 2. The van der Waals surface area contributed by atoms with Gasteiger partial charge in [0.15, 0.2) is 0 Å². The lowest BCUT2D eigenvalue weighted by Gasteiger charge is -2.28. The van der Waals surface area contributed by atoms with Crippen molar-refractivity contribution in [1.29, 1.82) is 0 Å². The summed E-state index contributed by atoms with van der Waals surface area (Å²) < 4.78 is 5.42. The fourth-order valence-corrected chi connectivity index (χ4v) is 3.77. The summed E-state index contributed by atoms with van der Waals surface area (Å²) >= 11 is 7.67. The fraction of sp³-hybridized carbons (Fsp3) is 0.571. The minimum Gasteiger partial charge on any atom is -0.381 e. The lowest BCUT2D eigenvalue weighted by molar-refractivity contribution is 0.0622. The molecule has 0 bridgehead atoms. The van der Waals surface area contributed by atoms with E-state index >= 15 is 0 Å². The Hall–Kier alpha value is -0.910. The predicted molar refractivity (Wildman–Crippen MR) is 83.8 cm³/mol. The van der Waals surface area contributed by atoms with Gasteiger partial charge in [0.25, 0.3) is 0 Å². The number of ether oxygens (including phenoxy) is 1. The van der Waals surface area contributed by atoms with Crippen LogP contribution in [0.5, 0.6) is 0 Å². The first-order valence-electron chi connectivity index (χ1n) is 6.91. The van der Waals surface area contributed by atoms with Crippen LogP contribution in [-0.2, 0) is 4.74 Å². The van der Waals surface area contributed by atoms with Gasteiger partial charge in [0, 0.05) is 24.1 Å². The molecule has 0 aromatic carbocycles. The van der Waals surface area contributed by atoms with E-state index in [1.54, 1.807) is 11.3 Å². The molecule has 1 atom stereocenters. The van der Waals surface area contributed by atoms with Gasteiger partial charge in [0.1, 0.15) is 10.6 Å². The summed E-state index contributed by atoms with van der Waals surface area (Å²) in [5.41, 5.74) is 0. The summed E-state index contributed by atoms with van der Waals surface area (Å²) in [5, 5.41) is 4.90. The zero-order chi connectivity index (χ0) is 14.1. The third-order valence-electron chi connectivity index (χ3n) is 3.83. The van der Waals surface area contributed by atoms with Crippen molar-refractivity contribution < 1.29 is 4.74 Å². The Morgan fingerprint density at radius 2 is 2.15 bits per heavy atom. The molecule has 0 amide bonds. The third kappa shape index (κ3) is 2.90. The van der Waals surface area contributed by atoms with Gasteiger partial charge in [0.2, 0.25) is 5.28 Å². The summed E-state index contributed by atoms with van der Waals surface area (Å²) in [6.07, 6.45) is 2.19. The third-order valence-corrected chi connectivity index (χ3v) is 4.94. The molecule has 0 radical (unpaired) electrons. The Bertz CT molecular complexity index is 610. The number of nitrogens with one attached hydrogen (secondary N) is 1. The zero-order valence-electron chi connectivity index (χ0n) is 11.6. The summed E-state index contributed by atoms with van der Waals surface area (Å²) in [4.78, 5) is 10.8. The van der Waals surface area contributed by atoms with Crippen LogP contribution in [0, 0.1) is 12.8 Å². The van der Waals surface area contributed by atoms with Crippen molar-refractivity contribution in [2.45, 2.75) is 32.7 Å². The minimum absolute atomic E-state index is 0.307. The number of nitrogens with zero attached hydrogens (tertiary/aromatic N) is 2. The van der Waals surface area contributed by atoms with Crippen LogP contribution in [0.25, 0.3) is 10.2 Å². The van der Waals surface area contributed by atoms with E-state index in [1.165, 1.54) is 4.88 Å². The Balaban J connectivity index is 1.85. The van der Waals surface area contributed by atoms with Crippen molar-refractivity contribution >= 4 is 39.0 Å². The number of hydrogen-bond acceptors (Lipinski definition) is 5. The van der Waals surface area contributed by atoms with E-state index in [-0.39, 0.29) is 0 Å². The van der Waals surface area contributed by atoms with Crippen LogP contribution in [0.3, 0.4) is 0 Å². The van der Waals surface area contributed by atoms with Gasteiger partial charge in [-0.05, 0) is 50.3 Å². The molecule has 20 heavy (non-hydrogen) atoms. The second-order valence-electron chi connectivity index (χ2n) is 5.30. The predicted octanol–water partition coefficient (Wildman–Crippen LogP) is 3.88. The lowest BCUT2D eigenvalue weighted by atomic mass is 9.93. The van der Waals surface area contributed by atoms with Crippen LogP contribution >= 0.6 is 22.9 Å². The number of fused-ring (bicyclic) bond motifs is 1. The van der Waals surface area contributed by atoms with Crippen LogP contribution < -0.4 is 5.32 Å². The van der Waals surface area contributed by atoms with Crippen LogP contribution in [0.2, 0.25) is 5.28 Å². The van der Waals surface area contributed by atoms with E-state index in [1.807, 2.05) is 0 Å². The highest BCUT2D eigenvalue weighted by Gasteiger charge is 2.21. The van der Waals surface area contributed by atoms with Gasteiger partial charge in [-0.15, -0.1) is 11.3 Å². The zero-order valence-corrected chi connectivity index (χ0v) is 13.2. The van der Waals surface area contributed by atoms with Gasteiger partial charge in [-0.1, -0.05) is 0 Å². The SMILES string of the molecule is Cc1cc2c(NC(C)C3CCOCC3)nc(Cl)nc2s1. The maximum absolute atomic E-state index is 6.03. The van der Waals surface area contributed by atoms with Gasteiger partial charge in [0.05, 0.1) is 5.39 Å². The van der Waals surface area contributed by atoms with E-state index in [9.17, 15) is 0 Å². The number of hydrogen-bond donors (Lipinski definition) is 1. The van der Waals surface area contributed by atoms with Crippen molar-refractivity contribution in [3.63, 3.8) is 0 Å². The van der Waals surface area contributed by atoms with Gasteiger partial charge in [-0.25, -0.2) is 9.97 Å².